The van der Waals surface area contributed by atoms with Crippen molar-refractivity contribution in [2.75, 3.05) is 14.2 Å². The Labute approximate surface area is 113 Å². The summed E-state index contributed by atoms with van der Waals surface area (Å²) < 4.78 is 10.5. The maximum absolute atomic E-state index is 6.06. The Bertz CT molecular complexity index is 442. The molecule has 0 aliphatic rings. The van der Waals surface area contributed by atoms with Crippen molar-refractivity contribution in [1.29, 1.82) is 0 Å². The highest BCUT2D eigenvalue weighted by Gasteiger charge is 2.36. The summed E-state index contributed by atoms with van der Waals surface area (Å²) in [6, 6.07) is 3.49. The molecule has 90 valence electrons. The molecule has 0 aliphatic heterocycles. The zero-order valence-corrected chi connectivity index (χ0v) is 11.3. The third-order valence-corrected chi connectivity index (χ3v) is 3.05. The lowest BCUT2D eigenvalue weighted by molar-refractivity contribution is 0.390. The molecule has 0 saturated heterocycles. The number of ether oxygens (including phenoxy) is 2. The van der Waals surface area contributed by atoms with E-state index in [9.17, 15) is 0 Å². The molecule has 0 bridgehead atoms. The fourth-order valence-electron chi connectivity index (χ4n) is 1.66. The van der Waals surface area contributed by atoms with Crippen LogP contribution in [-0.2, 0) is 5.21 Å². The van der Waals surface area contributed by atoms with Gasteiger partial charge in [0.15, 0.2) is 0 Å². The molecular weight excluding hydrogens is 223 g/mol. The highest BCUT2D eigenvalue weighted by Crippen LogP contribution is 2.37. The predicted octanol–water partition coefficient (Wildman–Crippen LogP) is 0.345. The molecule has 0 spiro atoms. The molecule has 0 aromatic heterocycles. The Morgan fingerprint density at radius 1 is 1.06 bits per heavy atom. The van der Waals surface area contributed by atoms with Crippen LogP contribution in [0.4, 0.5) is 0 Å². The van der Waals surface area contributed by atoms with Crippen molar-refractivity contribution in [3.63, 3.8) is 0 Å². The number of methoxy groups -OCH3 is 2. The van der Waals surface area contributed by atoms with E-state index in [4.69, 9.17) is 38.7 Å². The smallest absolute Gasteiger partial charge is 0.122 e. The first-order chi connectivity index (χ1) is 8.15. The predicted molar refractivity (Wildman–Crippen MR) is 75.8 cm³/mol. The SMILES string of the molecule is [B]C([B])(c1cc(OC)c(C)cc1OC)[C@@]([B])(C)N. The third kappa shape index (κ3) is 2.53. The van der Waals surface area contributed by atoms with Crippen molar-refractivity contribution in [3.05, 3.63) is 23.3 Å². The Hall–Kier alpha value is -1.03. The summed E-state index contributed by atoms with van der Waals surface area (Å²) >= 11 is 0. The summed E-state index contributed by atoms with van der Waals surface area (Å²) in [7, 11) is 21.0. The van der Waals surface area contributed by atoms with Gasteiger partial charge in [0.1, 0.15) is 11.5 Å². The fourth-order valence-corrected chi connectivity index (χ4v) is 1.66. The molecule has 0 aliphatic carbocycles. The molecule has 1 aromatic rings. The minimum absolute atomic E-state index is 0.500. The highest BCUT2D eigenvalue weighted by atomic mass is 16.5. The standard InChI is InChI=1S/C12H16B3NO2/c1-7-5-10(18-4)8(6-9(7)17-3)12(14,15)11(2,13)16/h5-6H,16H2,1-4H3/t11-/m1/s1. The van der Waals surface area contributed by atoms with E-state index in [0.717, 1.165) is 5.56 Å². The summed E-state index contributed by atoms with van der Waals surface area (Å²) in [6.07, 6.45) is 0. The van der Waals surface area contributed by atoms with Crippen LogP contribution < -0.4 is 15.2 Å². The first-order valence-corrected chi connectivity index (χ1v) is 5.53. The number of benzene rings is 1. The van der Waals surface area contributed by atoms with Gasteiger partial charge in [-0.2, -0.15) is 0 Å². The van der Waals surface area contributed by atoms with Crippen LogP contribution in [-0.4, -0.2) is 43.2 Å². The van der Waals surface area contributed by atoms with Gasteiger partial charge in [0.25, 0.3) is 0 Å². The van der Waals surface area contributed by atoms with Gasteiger partial charge < -0.3 is 15.2 Å². The van der Waals surface area contributed by atoms with Gasteiger partial charge in [-0.25, -0.2) is 0 Å². The molecule has 1 atom stereocenters. The summed E-state index contributed by atoms with van der Waals surface area (Å²) in [5.74, 6) is 1.18. The zero-order valence-electron chi connectivity index (χ0n) is 11.3. The lowest BCUT2D eigenvalue weighted by atomic mass is 9.38. The molecule has 6 radical (unpaired) electrons. The number of nitrogens with two attached hydrogens (primary N) is 1. The first kappa shape index (κ1) is 15.0. The van der Waals surface area contributed by atoms with E-state index in [2.05, 4.69) is 0 Å². The molecule has 2 N–H and O–H groups in total. The van der Waals surface area contributed by atoms with E-state index >= 15 is 0 Å². The minimum atomic E-state index is -1.45. The maximum atomic E-state index is 6.06. The second-order valence-electron chi connectivity index (χ2n) is 4.67. The average molecular weight is 239 g/mol. The molecule has 18 heavy (non-hydrogen) atoms. The molecule has 0 fully saturated rings. The molecule has 3 nitrogen and oxygen atoms in total. The number of hydrogen-bond acceptors (Lipinski definition) is 3. The second-order valence-corrected chi connectivity index (χ2v) is 4.67. The van der Waals surface area contributed by atoms with Gasteiger partial charge in [0.05, 0.1) is 37.8 Å². The van der Waals surface area contributed by atoms with E-state index in [1.807, 2.05) is 6.92 Å². The zero-order chi connectivity index (χ0) is 14.1. The van der Waals surface area contributed by atoms with Gasteiger partial charge in [-0.1, -0.05) is 12.1 Å². The van der Waals surface area contributed by atoms with E-state index < -0.39 is 10.7 Å². The monoisotopic (exact) mass is 239 g/mol. The quantitative estimate of drug-likeness (QED) is 0.770. The van der Waals surface area contributed by atoms with Gasteiger partial charge in [-0.05, 0) is 35.6 Å². The Balaban J connectivity index is 3.48. The molecular formula is C12H16B3NO2. The van der Waals surface area contributed by atoms with E-state index in [1.165, 1.54) is 7.11 Å². The number of rotatable bonds is 4. The molecule has 0 unspecified atom stereocenters. The number of aryl methyl sites for hydroxylation is 1. The molecule has 6 heteroatoms. The molecule has 0 saturated carbocycles. The topological polar surface area (TPSA) is 44.5 Å². The van der Waals surface area contributed by atoms with Crippen LogP contribution in [0.3, 0.4) is 0 Å². The van der Waals surface area contributed by atoms with Crippen molar-refractivity contribution in [1.82, 2.24) is 0 Å². The van der Waals surface area contributed by atoms with Crippen molar-refractivity contribution in [3.8, 4) is 11.5 Å². The van der Waals surface area contributed by atoms with Gasteiger partial charge in [0.2, 0.25) is 0 Å². The summed E-state index contributed by atoms with van der Waals surface area (Å²) in [6.45, 7) is 3.45. The molecule has 1 rings (SSSR count). The fraction of sp³-hybridized carbons (Fsp3) is 0.500. The van der Waals surface area contributed by atoms with Gasteiger partial charge >= 0.3 is 0 Å². The van der Waals surface area contributed by atoms with Crippen molar-refractivity contribution >= 4 is 23.5 Å². The highest BCUT2D eigenvalue weighted by molar-refractivity contribution is 6.45. The van der Waals surface area contributed by atoms with Gasteiger partial charge in [-0.15, -0.1) is 0 Å². The van der Waals surface area contributed by atoms with Crippen LogP contribution in [0, 0.1) is 6.92 Å². The third-order valence-electron chi connectivity index (χ3n) is 3.05. The average Bonchev–Trinajstić information content (AvgIpc) is 2.26. The Morgan fingerprint density at radius 3 is 1.94 bits per heavy atom. The van der Waals surface area contributed by atoms with Crippen LogP contribution in [0.1, 0.15) is 18.1 Å². The van der Waals surface area contributed by atoms with Crippen LogP contribution in [0.2, 0.25) is 0 Å². The second kappa shape index (κ2) is 4.92. The van der Waals surface area contributed by atoms with Crippen LogP contribution in [0.5, 0.6) is 11.5 Å². The summed E-state index contributed by atoms with van der Waals surface area (Å²) in [5, 5.41) is -1.45. The minimum Gasteiger partial charge on any atom is -0.496 e. The summed E-state index contributed by atoms with van der Waals surface area (Å²) in [4.78, 5) is 0. The lowest BCUT2D eigenvalue weighted by Crippen LogP contribution is -2.58. The normalized spacial score (nSPS) is 14.9. The Morgan fingerprint density at radius 2 is 1.56 bits per heavy atom. The molecule has 0 amide bonds. The summed E-state index contributed by atoms with van der Waals surface area (Å²) in [5.41, 5.74) is 5.93. The van der Waals surface area contributed by atoms with Crippen LogP contribution in [0.15, 0.2) is 12.1 Å². The van der Waals surface area contributed by atoms with Crippen LogP contribution >= 0.6 is 0 Å². The maximum Gasteiger partial charge on any atom is 0.122 e. The van der Waals surface area contributed by atoms with Crippen molar-refractivity contribution in [2.45, 2.75) is 24.5 Å². The van der Waals surface area contributed by atoms with Crippen LogP contribution in [0.25, 0.3) is 0 Å². The van der Waals surface area contributed by atoms with E-state index in [-0.39, 0.29) is 0 Å². The van der Waals surface area contributed by atoms with Crippen molar-refractivity contribution < 1.29 is 9.47 Å². The van der Waals surface area contributed by atoms with E-state index in [0.29, 0.717) is 17.1 Å². The van der Waals surface area contributed by atoms with E-state index in [1.54, 1.807) is 26.2 Å². The van der Waals surface area contributed by atoms with Gasteiger partial charge in [0, 0.05) is 0 Å². The van der Waals surface area contributed by atoms with Crippen molar-refractivity contribution in [2.24, 2.45) is 5.73 Å². The molecule has 0 heterocycles. The largest absolute Gasteiger partial charge is 0.496 e. The van der Waals surface area contributed by atoms with Gasteiger partial charge in [-0.3, -0.25) is 0 Å². The lowest BCUT2D eigenvalue weighted by Gasteiger charge is -2.42. The Kier molecular flexibility index (Phi) is 4.11. The number of hydrogen-bond donors (Lipinski definition) is 1. The first-order valence-electron chi connectivity index (χ1n) is 5.53. The molecule has 1 aromatic carbocycles.